The molecule has 1 aromatic rings. The Hall–Kier alpha value is -1.44. The molecule has 0 aliphatic carbocycles. The van der Waals surface area contributed by atoms with Gasteiger partial charge in [-0.2, -0.15) is 0 Å². The van der Waals surface area contributed by atoms with Crippen molar-refractivity contribution in [1.29, 1.82) is 0 Å². The number of nitrogens with one attached hydrogen (secondary N) is 1. The number of hydrogen-bond donors (Lipinski definition) is 4. The molecule has 0 saturated carbocycles. The number of aliphatic hydroxyl groups excluding tert-OH is 3. The van der Waals surface area contributed by atoms with Gasteiger partial charge in [-0.3, -0.25) is 4.98 Å². The van der Waals surface area contributed by atoms with E-state index in [0.717, 1.165) is 0 Å². The van der Waals surface area contributed by atoms with E-state index in [4.69, 9.17) is 9.84 Å². The van der Waals surface area contributed by atoms with Crippen LogP contribution in [0.4, 0.5) is 0 Å². The third-order valence-electron chi connectivity index (χ3n) is 2.96. The number of hydrogen-bond acceptors (Lipinski definition) is 6. The first-order chi connectivity index (χ1) is 8.04. The zero-order chi connectivity index (χ0) is 12.6. The summed E-state index contributed by atoms with van der Waals surface area (Å²) in [5.74, 6) is 0.0252. The average molecular weight is 242 g/mol. The minimum atomic E-state index is -1.28. The number of aromatic amines is 1. The largest absolute Gasteiger partial charge is 0.472 e. The SMILES string of the molecule is C[C@H]1c2cnc(=O)[nH]c2OC1[C@@H](O)[C@H](O)CO. The molecule has 1 unspecified atom stereocenters. The van der Waals surface area contributed by atoms with Gasteiger partial charge in [-0.25, -0.2) is 9.78 Å². The highest BCUT2D eigenvalue weighted by Gasteiger charge is 2.39. The first kappa shape index (κ1) is 12.0. The molecule has 0 fully saturated rings. The second-order valence-electron chi connectivity index (χ2n) is 4.08. The highest BCUT2D eigenvalue weighted by molar-refractivity contribution is 5.32. The second-order valence-corrected chi connectivity index (χ2v) is 4.08. The molecule has 7 nitrogen and oxygen atoms in total. The van der Waals surface area contributed by atoms with Crippen LogP contribution in [0.1, 0.15) is 18.4 Å². The van der Waals surface area contributed by atoms with Crippen molar-refractivity contribution >= 4 is 0 Å². The van der Waals surface area contributed by atoms with Gasteiger partial charge in [-0.15, -0.1) is 0 Å². The summed E-state index contributed by atoms with van der Waals surface area (Å²) < 4.78 is 5.37. The Labute approximate surface area is 96.7 Å². The van der Waals surface area contributed by atoms with Crippen LogP contribution in [-0.2, 0) is 0 Å². The Bertz CT molecular complexity index is 460. The number of ether oxygens (including phenoxy) is 1. The topological polar surface area (TPSA) is 116 Å². The fraction of sp³-hybridized carbons (Fsp3) is 0.600. The van der Waals surface area contributed by atoms with Gasteiger partial charge in [0.1, 0.15) is 18.3 Å². The number of nitrogens with zero attached hydrogens (tertiary/aromatic N) is 1. The molecule has 0 bridgehead atoms. The van der Waals surface area contributed by atoms with Crippen molar-refractivity contribution in [3.8, 4) is 5.88 Å². The standard InChI is InChI=1S/C10H14N2O5/c1-4-5-2-11-10(16)12-9(5)17-8(4)7(15)6(14)3-13/h2,4,6-8,13-15H,3H2,1H3,(H,11,12,16)/t4-,6+,7-,8?/m0/s1. The third kappa shape index (κ3) is 2.04. The van der Waals surface area contributed by atoms with Gasteiger partial charge in [0, 0.05) is 17.7 Å². The molecule has 0 aromatic carbocycles. The normalized spacial score (nSPS) is 26.1. The zero-order valence-corrected chi connectivity index (χ0v) is 9.20. The predicted octanol–water partition coefficient (Wildman–Crippen LogP) is -1.65. The quantitative estimate of drug-likeness (QED) is 0.504. The van der Waals surface area contributed by atoms with Gasteiger partial charge >= 0.3 is 5.69 Å². The monoisotopic (exact) mass is 242 g/mol. The number of rotatable bonds is 3. The van der Waals surface area contributed by atoms with Crippen molar-refractivity contribution in [3.05, 3.63) is 22.2 Å². The first-order valence-corrected chi connectivity index (χ1v) is 5.27. The Morgan fingerprint density at radius 1 is 1.59 bits per heavy atom. The van der Waals surface area contributed by atoms with Crippen LogP contribution in [-0.4, -0.2) is 50.2 Å². The van der Waals surface area contributed by atoms with E-state index in [-0.39, 0.29) is 11.8 Å². The molecule has 17 heavy (non-hydrogen) atoms. The van der Waals surface area contributed by atoms with Gasteiger partial charge in [0.15, 0.2) is 0 Å². The molecule has 0 amide bonds. The van der Waals surface area contributed by atoms with E-state index in [1.165, 1.54) is 6.20 Å². The maximum atomic E-state index is 11.0. The third-order valence-corrected chi connectivity index (χ3v) is 2.96. The van der Waals surface area contributed by atoms with Crippen molar-refractivity contribution in [2.45, 2.75) is 31.2 Å². The molecule has 0 saturated heterocycles. The van der Waals surface area contributed by atoms with Crippen LogP contribution < -0.4 is 10.4 Å². The van der Waals surface area contributed by atoms with Crippen LogP contribution in [0.2, 0.25) is 0 Å². The Balaban J connectivity index is 2.25. The molecule has 4 N–H and O–H groups in total. The van der Waals surface area contributed by atoms with Crippen molar-refractivity contribution < 1.29 is 20.1 Å². The number of H-pyrrole nitrogens is 1. The molecule has 94 valence electrons. The highest BCUT2D eigenvalue weighted by Crippen LogP contribution is 2.36. The number of aliphatic hydroxyl groups is 3. The Kier molecular flexibility index (Phi) is 3.14. The van der Waals surface area contributed by atoms with E-state index in [0.29, 0.717) is 5.56 Å². The van der Waals surface area contributed by atoms with E-state index in [9.17, 15) is 15.0 Å². The maximum Gasteiger partial charge on any atom is 0.347 e. The fourth-order valence-electron chi connectivity index (χ4n) is 1.92. The van der Waals surface area contributed by atoms with Crippen molar-refractivity contribution in [2.24, 2.45) is 0 Å². The van der Waals surface area contributed by atoms with E-state index >= 15 is 0 Å². The molecule has 1 aliphatic rings. The van der Waals surface area contributed by atoms with Crippen LogP contribution in [0, 0.1) is 0 Å². The number of fused-ring (bicyclic) bond motifs is 1. The lowest BCUT2D eigenvalue weighted by Crippen LogP contribution is -2.43. The maximum absolute atomic E-state index is 11.0. The lowest BCUT2D eigenvalue weighted by atomic mass is 9.94. The number of aromatic nitrogens is 2. The molecular weight excluding hydrogens is 228 g/mol. The molecule has 1 aliphatic heterocycles. The minimum Gasteiger partial charge on any atom is -0.472 e. The summed E-state index contributed by atoms with van der Waals surface area (Å²) >= 11 is 0. The Morgan fingerprint density at radius 2 is 2.29 bits per heavy atom. The summed E-state index contributed by atoms with van der Waals surface area (Å²) in [5.41, 5.74) is 0.132. The van der Waals surface area contributed by atoms with E-state index < -0.39 is 30.6 Å². The first-order valence-electron chi connectivity index (χ1n) is 5.27. The summed E-state index contributed by atoms with van der Waals surface area (Å²) in [6, 6.07) is 0. The molecule has 1 aromatic heterocycles. The van der Waals surface area contributed by atoms with Crippen LogP contribution in [0.15, 0.2) is 11.0 Å². The predicted molar refractivity (Wildman–Crippen MR) is 56.8 cm³/mol. The molecule has 7 heteroatoms. The lowest BCUT2D eigenvalue weighted by molar-refractivity contribution is -0.0676. The minimum absolute atomic E-state index is 0.231. The zero-order valence-electron chi connectivity index (χ0n) is 9.20. The van der Waals surface area contributed by atoms with Crippen LogP contribution in [0.3, 0.4) is 0 Å². The van der Waals surface area contributed by atoms with Crippen molar-refractivity contribution in [1.82, 2.24) is 9.97 Å². The van der Waals surface area contributed by atoms with Crippen molar-refractivity contribution in [3.63, 3.8) is 0 Å². The van der Waals surface area contributed by atoms with Gasteiger partial charge < -0.3 is 20.1 Å². The van der Waals surface area contributed by atoms with E-state index in [2.05, 4.69) is 9.97 Å². The smallest absolute Gasteiger partial charge is 0.347 e. The molecule has 2 heterocycles. The lowest BCUT2D eigenvalue weighted by Gasteiger charge is -2.24. The van der Waals surface area contributed by atoms with E-state index in [1.807, 2.05) is 0 Å². The molecule has 0 spiro atoms. The van der Waals surface area contributed by atoms with Gasteiger partial charge in [-0.05, 0) is 0 Å². The van der Waals surface area contributed by atoms with Crippen LogP contribution in [0.25, 0.3) is 0 Å². The molecule has 4 atom stereocenters. The van der Waals surface area contributed by atoms with E-state index in [1.54, 1.807) is 6.92 Å². The average Bonchev–Trinajstić information content (AvgIpc) is 2.64. The second kappa shape index (κ2) is 4.44. The summed E-state index contributed by atoms with van der Waals surface area (Å²) in [5, 5.41) is 27.9. The molecule has 0 radical (unpaired) electrons. The highest BCUT2D eigenvalue weighted by atomic mass is 16.5. The summed E-state index contributed by atoms with van der Waals surface area (Å²) in [6.45, 7) is 1.22. The summed E-state index contributed by atoms with van der Waals surface area (Å²) in [6.07, 6.45) is -1.84. The van der Waals surface area contributed by atoms with Crippen LogP contribution in [0.5, 0.6) is 5.88 Å². The summed E-state index contributed by atoms with van der Waals surface area (Å²) in [4.78, 5) is 17.0. The molecule has 2 rings (SSSR count). The van der Waals surface area contributed by atoms with Gasteiger partial charge in [0.05, 0.1) is 6.61 Å². The van der Waals surface area contributed by atoms with Gasteiger partial charge in [0.25, 0.3) is 0 Å². The van der Waals surface area contributed by atoms with Gasteiger partial charge in [0.2, 0.25) is 5.88 Å². The summed E-state index contributed by atoms with van der Waals surface area (Å²) in [7, 11) is 0. The molecular formula is C10H14N2O5. The fourth-order valence-corrected chi connectivity index (χ4v) is 1.92. The Morgan fingerprint density at radius 3 is 2.94 bits per heavy atom. The van der Waals surface area contributed by atoms with Gasteiger partial charge in [-0.1, -0.05) is 6.92 Å². The van der Waals surface area contributed by atoms with Crippen molar-refractivity contribution in [2.75, 3.05) is 6.61 Å². The van der Waals surface area contributed by atoms with Crippen LogP contribution >= 0.6 is 0 Å².